The van der Waals surface area contributed by atoms with E-state index in [4.69, 9.17) is 15.0 Å². The van der Waals surface area contributed by atoms with Crippen molar-refractivity contribution in [2.24, 2.45) is 0 Å². The van der Waals surface area contributed by atoms with Crippen LogP contribution in [0.5, 0.6) is 0 Å². The Kier molecular flexibility index (Phi) is 20.0. The van der Waals surface area contributed by atoms with Crippen LogP contribution in [0.25, 0.3) is 0 Å². The first-order chi connectivity index (χ1) is 6.57. The third kappa shape index (κ3) is 13.3. The average Bonchev–Trinajstić information content (AvgIpc) is 2.17. The van der Waals surface area contributed by atoms with Gasteiger partial charge in [-0.2, -0.15) is 0 Å². The number of methoxy groups -OCH3 is 1. The molecule has 16 heavy (non-hydrogen) atoms. The van der Waals surface area contributed by atoms with Crippen molar-refractivity contribution in [1.29, 1.82) is 0 Å². The first-order valence-electron chi connectivity index (χ1n) is 3.59. The van der Waals surface area contributed by atoms with E-state index in [1.165, 1.54) is 7.11 Å². The number of esters is 1. The summed E-state index contributed by atoms with van der Waals surface area (Å²) in [4.78, 5) is 19.1. The minimum atomic E-state index is -2.33. The number of carbonyl (C=O) groups is 2. The molecule has 1 aromatic rings. The molecule has 0 unspecified atom stereocenters. The zero-order valence-electron chi connectivity index (χ0n) is 9.43. The second-order valence-corrected chi connectivity index (χ2v) is 2.11. The zero-order chi connectivity index (χ0) is 11.0. The van der Waals surface area contributed by atoms with Crippen LogP contribution in [0, 0.1) is 0 Å². The zero-order valence-corrected chi connectivity index (χ0v) is 15.7. The molecule has 7 heteroatoms. The SMILES string of the molecule is COC(=O)c1ccccc1.O=C([O-])[O-].[K+].[K+]. The van der Waals surface area contributed by atoms with Crippen LogP contribution in [0.2, 0.25) is 0 Å². The maximum Gasteiger partial charge on any atom is 1.00 e. The summed E-state index contributed by atoms with van der Waals surface area (Å²) in [7, 11) is 1.37. The van der Waals surface area contributed by atoms with E-state index < -0.39 is 6.16 Å². The molecule has 0 bridgehead atoms. The summed E-state index contributed by atoms with van der Waals surface area (Å²) in [5.74, 6) is -0.291. The van der Waals surface area contributed by atoms with Crippen LogP contribution < -0.4 is 113 Å². The van der Waals surface area contributed by atoms with Gasteiger partial charge in [0.2, 0.25) is 0 Å². The third-order valence-corrected chi connectivity index (χ3v) is 1.19. The second kappa shape index (κ2) is 14.3. The van der Waals surface area contributed by atoms with Gasteiger partial charge in [-0.15, -0.1) is 0 Å². The number of hydrogen-bond donors (Lipinski definition) is 0. The normalized spacial score (nSPS) is 7.06. The number of carbonyl (C=O) groups excluding carboxylic acids is 2. The molecule has 1 aromatic carbocycles. The van der Waals surface area contributed by atoms with Crippen molar-refractivity contribution < 1.29 is 127 Å². The summed E-state index contributed by atoms with van der Waals surface area (Å²) < 4.78 is 4.50. The van der Waals surface area contributed by atoms with E-state index in [0.29, 0.717) is 5.56 Å². The van der Waals surface area contributed by atoms with Crippen molar-refractivity contribution in [2.75, 3.05) is 7.11 Å². The topological polar surface area (TPSA) is 89.5 Å². The molecule has 0 aliphatic carbocycles. The standard InChI is InChI=1S/C8H8O2.CH2O3.2K/c1-10-8(9)7-5-3-2-4-6-7;2-1(3)4;;/h2-6H,1H3;(H2,2,3,4);;/q;;2*+1/p-2. The van der Waals surface area contributed by atoms with Crippen LogP contribution in [0.3, 0.4) is 0 Å². The molecule has 0 aliphatic rings. The molecule has 0 fully saturated rings. The first-order valence-corrected chi connectivity index (χ1v) is 3.59. The van der Waals surface area contributed by atoms with Crippen molar-refractivity contribution in [3.05, 3.63) is 35.9 Å². The summed E-state index contributed by atoms with van der Waals surface area (Å²) in [5.41, 5.74) is 0.588. The van der Waals surface area contributed by atoms with Crippen molar-refractivity contribution in [1.82, 2.24) is 0 Å². The van der Waals surface area contributed by atoms with E-state index in [-0.39, 0.29) is 109 Å². The summed E-state index contributed by atoms with van der Waals surface area (Å²) in [5, 5.41) is 16.7. The molecule has 0 N–H and O–H groups in total. The van der Waals surface area contributed by atoms with Gasteiger partial charge in [0.15, 0.2) is 0 Å². The van der Waals surface area contributed by atoms with Crippen molar-refractivity contribution in [2.45, 2.75) is 0 Å². The summed E-state index contributed by atoms with van der Waals surface area (Å²) in [6, 6.07) is 8.88. The Morgan fingerprint density at radius 1 is 1.06 bits per heavy atom. The molecule has 0 heterocycles. The van der Waals surface area contributed by atoms with E-state index in [2.05, 4.69) is 4.74 Å². The van der Waals surface area contributed by atoms with Crippen molar-refractivity contribution in [3.8, 4) is 0 Å². The van der Waals surface area contributed by atoms with Gasteiger partial charge < -0.3 is 19.7 Å². The quantitative estimate of drug-likeness (QED) is 0.375. The smallest absolute Gasteiger partial charge is 0.652 e. The van der Waals surface area contributed by atoms with Gasteiger partial charge in [0.25, 0.3) is 0 Å². The molecule has 0 saturated heterocycles. The largest absolute Gasteiger partial charge is 1.00 e. The average molecular weight is 274 g/mol. The summed E-state index contributed by atoms with van der Waals surface area (Å²) >= 11 is 0. The molecule has 0 aromatic heterocycles. The van der Waals surface area contributed by atoms with E-state index in [0.717, 1.165) is 0 Å². The van der Waals surface area contributed by atoms with Crippen LogP contribution in [0.15, 0.2) is 30.3 Å². The minimum absolute atomic E-state index is 0. The third-order valence-electron chi connectivity index (χ3n) is 1.19. The van der Waals surface area contributed by atoms with E-state index in [1.807, 2.05) is 6.07 Å². The van der Waals surface area contributed by atoms with Crippen LogP contribution in [-0.2, 0) is 4.74 Å². The Bertz CT molecular complexity index is 298. The minimum Gasteiger partial charge on any atom is -0.652 e. The van der Waals surface area contributed by atoms with Crippen LogP contribution in [-0.4, -0.2) is 19.2 Å². The van der Waals surface area contributed by atoms with Crippen LogP contribution in [0.4, 0.5) is 4.79 Å². The van der Waals surface area contributed by atoms with Crippen LogP contribution >= 0.6 is 0 Å². The van der Waals surface area contributed by atoms with Crippen molar-refractivity contribution in [3.63, 3.8) is 0 Å². The fourth-order valence-electron chi connectivity index (χ4n) is 0.692. The molecule has 0 atom stereocenters. The molecular formula is C9H8K2O5. The van der Waals surface area contributed by atoms with E-state index in [1.54, 1.807) is 24.3 Å². The Labute approximate surface area is 178 Å². The van der Waals surface area contributed by atoms with Gasteiger partial charge in [0, 0.05) is 0 Å². The molecule has 0 aliphatic heterocycles. The monoisotopic (exact) mass is 274 g/mol. The Morgan fingerprint density at radius 2 is 1.44 bits per heavy atom. The Hall–Kier alpha value is 1.23. The molecular weight excluding hydrogens is 266 g/mol. The number of ether oxygens (including phenoxy) is 1. The fourth-order valence-corrected chi connectivity index (χ4v) is 0.692. The first kappa shape index (κ1) is 22.4. The Balaban J connectivity index is -0.000000249. The van der Waals surface area contributed by atoms with E-state index in [9.17, 15) is 4.79 Å². The number of rotatable bonds is 1. The van der Waals surface area contributed by atoms with Gasteiger partial charge in [0.05, 0.1) is 12.7 Å². The predicted molar refractivity (Wildman–Crippen MR) is 43.2 cm³/mol. The maximum atomic E-state index is 10.8. The summed E-state index contributed by atoms with van der Waals surface area (Å²) in [6.07, 6.45) is -2.33. The molecule has 5 nitrogen and oxygen atoms in total. The maximum absolute atomic E-state index is 10.8. The second-order valence-electron chi connectivity index (χ2n) is 2.11. The Morgan fingerprint density at radius 3 is 1.75 bits per heavy atom. The van der Waals surface area contributed by atoms with Gasteiger partial charge in [0.1, 0.15) is 0 Å². The number of hydrogen-bond acceptors (Lipinski definition) is 5. The summed E-state index contributed by atoms with van der Waals surface area (Å²) in [6.45, 7) is 0. The molecule has 0 radical (unpaired) electrons. The molecule has 76 valence electrons. The fraction of sp³-hybridized carbons (Fsp3) is 0.111. The predicted octanol–water partition coefficient (Wildman–Crippen LogP) is -6.97. The van der Waals surface area contributed by atoms with Crippen molar-refractivity contribution >= 4 is 12.1 Å². The van der Waals surface area contributed by atoms with Gasteiger partial charge in [-0.3, -0.25) is 0 Å². The van der Waals surface area contributed by atoms with Gasteiger partial charge in [-0.1, -0.05) is 18.2 Å². The number of carboxylic acid groups (broad SMARTS) is 2. The van der Waals surface area contributed by atoms with Crippen LogP contribution in [0.1, 0.15) is 10.4 Å². The molecule has 0 spiro atoms. The molecule has 1 rings (SSSR count). The van der Waals surface area contributed by atoms with E-state index >= 15 is 0 Å². The van der Waals surface area contributed by atoms with Gasteiger partial charge in [-0.05, 0) is 18.3 Å². The molecule has 0 amide bonds. The molecule has 0 saturated carbocycles. The van der Waals surface area contributed by atoms with Gasteiger partial charge >= 0.3 is 109 Å². The van der Waals surface area contributed by atoms with Gasteiger partial charge in [-0.25, -0.2) is 4.79 Å². The number of benzene rings is 1.